The first-order valence-electron chi connectivity index (χ1n) is 4.29. The zero-order chi connectivity index (χ0) is 11.4. The minimum Gasteiger partial charge on any atom is -0.386 e. The van der Waals surface area contributed by atoms with E-state index in [1.54, 1.807) is 13.8 Å². The van der Waals surface area contributed by atoms with Crippen LogP contribution >= 0.6 is 15.9 Å². The van der Waals surface area contributed by atoms with Crippen LogP contribution in [-0.2, 0) is 0 Å². The fourth-order valence-electron chi connectivity index (χ4n) is 0.748. The van der Waals surface area contributed by atoms with Crippen LogP contribution < -0.4 is 0 Å². The van der Waals surface area contributed by atoms with Gasteiger partial charge in [-0.25, -0.2) is 0 Å². The number of hydrogen-bond donors (Lipinski definition) is 3. The molecule has 0 bridgehead atoms. The van der Waals surface area contributed by atoms with Crippen molar-refractivity contribution in [1.29, 1.82) is 0 Å². The monoisotopic (exact) mass is 264 g/mol. The molecule has 0 heterocycles. The van der Waals surface area contributed by atoms with Gasteiger partial charge in [-0.2, -0.15) is 0 Å². The Morgan fingerprint density at radius 1 is 1.14 bits per heavy atom. The summed E-state index contributed by atoms with van der Waals surface area (Å²) in [5, 5.41) is 28.6. The maximum absolute atomic E-state index is 9.68. The van der Waals surface area contributed by atoms with Crippen LogP contribution in [0.4, 0.5) is 0 Å². The van der Waals surface area contributed by atoms with Crippen molar-refractivity contribution >= 4 is 15.9 Å². The topological polar surface area (TPSA) is 60.7 Å². The predicted molar refractivity (Wildman–Crippen MR) is 60.1 cm³/mol. The summed E-state index contributed by atoms with van der Waals surface area (Å²) >= 11 is 3.02. The maximum atomic E-state index is 9.68. The van der Waals surface area contributed by atoms with E-state index < -0.39 is 17.3 Å². The Labute approximate surface area is 92.9 Å². The Hall–Kier alpha value is -0.160. The summed E-state index contributed by atoms with van der Waals surface area (Å²) in [6.07, 6.45) is 3.18. The van der Waals surface area contributed by atoms with Gasteiger partial charge < -0.3 is 15.3 Å². The lowest BCUT2D eigenvalue weighted by molar-refractivity contribution is -0.000229. The van der Waals surface area contributed by atoms with Gasteiger partial charge in [0, 0.05) is 0 Å². The molecule has 4 heteroatoms. The molecule has 0 amide bonds. The smallest absolute Gasteiger partial charge is 0.110 e. The first-order valence-corrected chi connectivity index (χ1v) is 5.21. The van der Waals surface area contributed by atoms with Crippen molar-refractivity contribution in [1.82, 2.24) is 0 Å². The van der Waals surface area contributed by atoms with Crippen LogP contribution in [0.2, 0.25) is 0 Å². The normalized spacial score (nSPS) is 20.2. The molecule has 0 saturated carbocycles. The summed E-state index contributed by atoms with van der Waals surface area (Å²) in [5.41, 5.74) is -2.33. The molecule has 0 aliphatic heterocycles. The summed E-state index contributed by atoms with van der Waals surface area (Å²) in [7, 11) is 0. The number of aliphatic hydroxyl groups excluding tert-OH is 1. The van der Waals surface area contributed by atoms with E-state index in [0.717, 1.165) is 0 Å². The highest BCUT2D eigenvalue weighted by atomic mass is 79.9. The van der Waals surface area contributed by atoms with E-state index in [2.05, 4.69) is 15.9 Å². The fourth-order valence-corrected chi connectivity index (χ4v) is 1.28. The van der Waals surface area contributed by atoms with E-state index in [4.69, 9.17) is 0 Å². The second-order valence-electron chi connectivity index (χ2n) is 3.98. The zero-order valence-corrected chi connectivity index (χ0v) is 10.2. The molecule has 0 aliphatic carbocycles. The van der Waals surface area contributed by atoms with Crippen molar-refractivity contribution < 1.29 is 15.3 Å². The summed E-state index contributed by atoms with van der Waals surface area (Å²) in [6.45, 7) is 4.65. The van der Waals surface area contributed by atoms with Gasteiger partial charge in [-0.15, -0.1) is 0 Å². The van der Waals surface area contributed by atoms with Crippen LogP contribution in [0.5, 0.6) is 0 Å². The average molecular weight is 265 g/mol. The quantitative estimate of drug-likeness (QED) is 0.672. The Morgan fingerprint density at radius 3 is 2.00 bits per heavy atom. The van der Waals surface area contributed by atoms with Crippen LogP contribution in [0.15, 0.2) is 23.2 Å². The van der Waals surface area contributed by atoms with Gasteiger partial charge >= 0.3 is 0 Å². The van der Waals surface area contributed by atoms with Crippen molar-refractivity contribution in [2.75, 3.05) is 0 Å². The van der Waals surface area contributed by atoms with Crippen LogP contribution in [0, 0.1) is 0 Å². The lowest BCUT2D eigenvalue weighted by Crippen LogP contribution is -2.36. The standard InChI is InChI=1S/C10H17BrO3/c1-9(2,13)5-4-8(12)10(3,14)6-7-11/h4-8,12-14H,1-3H3. The molecule has 2 unspecified atom stereocenters. The van der Waals surface area contributed by atoms with Crippen molar-refractivity contribution in [3.8, 4) is 0 Å². The van der Waals surface area contributed by atoms with Gasteiger partial charge in [0.2, 0.25) is 0 Å². The Balaban J connectivity index is 4.49. The van der Waals surface area contributed by atoms with Gasteiger partial charge in [-0.3, -0.25) is 0 Å². The Kier molecular flexibility index (Phi) is 5.01. The highest BCUT2D eigenvalue weighted by Gasteiger charge is 2.25. The van der Waals surface area contributed by atoms with Crippen LogP contribution in [0.25, 0.3) is 0 Å². The van der Waals surface area contributed by atoms with Gasteiger partial charge in [-0.05, 0) is 31.8 Å². The van der Waals surface area contributed by atoms with Crippen LogP contribution in [0.3, 0.4) is 0 Å². The van der Waals surface area contributed by atoms with Crippen molar-refractivity contribution in [2.24, 2.45) is 0 Å². The molecule has 0 aliphatic rings. The molecule has 0 spiro atoms. The molecule has 2 atom stereocenters. The Morgan fingerprint density at radius 2 is 1.64 bits per heavy atom. The van der Waals surface area contributed by atoms with Gasteiger partial charge in [-0.1, -0.05) is 28.1 Å². The maximum Gasteiger partial charge on any atom is 0.110 e. The lowest BCUT2D eigenvalue weighted by atomic mass is 9.97. The van der Waals surface area contributed by atoms with Crippen LogP contribution in [-0.4, -0.2) is 32.6 Å². The first kappa shape index (κ1) is 13.8. The molecule has 14 heavy (non-hydrogen) atoms. The van der Waals surface area contributed by atoms with E-state index in [9.17, 15) is 15.3 Å². The molecule has 3 N–H and O–H groups in total. The summed E-state index contributed by atoms with van der Waals surface area (Å²) in [4.78, 5) is 1.48. The van der Waals surface area contributed by atoms with E-state index in [1.807, 2.05) is 0 Å². The third-order valence-electron chi connectivity index (χ3n) is 1.69. The number of halogens is 1. The van der Waals surface area contributed by atoms with Crippen molar-refractivity contribution in [3.63, 3.8) is 0 Å². The number of aliphatic hydroxyl groups is 3. The molecular weight excluding hydrogens is 248 g/mol. The van der Waals surface area contributed by atoms with Gasteiger partial charge in [0.25, 0.3) is 0 Å². The average Bonchev–Trinajstić information content (AvgIpc) is 1.98. The first-order chi connectivity index (χ1) is 6.19. The largest absolute Gasteiger partial charge is 0.386 e. The summed E-state index contributed by atoms with van der Waals surface area (Å²) in [5.74, 6) is 0. The zero-order valence-electron chi connectivity index (χ0n) is 8.61. The molecule has 0 radical (unpaired) electrons. The minimum atomic E-state index is -1.34. The third-order valence-corrected chi connectivity index (χ3v) is 1.95. The van der Waals surface area contributed by atoms with E-state index in [1.165, 1.54) is 30.1 Å². The third kappa shape index (κ3) is 5.54. The SMILES string of the molecule is CC(C)(O)C=CC(O)C(C)(O)C=CBr. The fraction of sp³-hybridized carbons (Fsp3) is 0.600. The minimum absolute atomic E-state index is 0.991. The van der Waals surface area contributed by atoms with Crippen LogP contribution in [0.1, 0.15) is 20.8 Å². The van der Waals surface area contributed by atoms with Crippen molar-refractivity contribution in [2.45, 2.75) is 38.1 Å². The van der Waals surface area contributed by atoms with E-state index in [0.29, 0.717) is 0 Å². The molecule has 82 valence electrons. The number of hydrogen-bond acceptors (Lipinski definition) is 3. The second kappa shape index (κ2) is 5.07. The lowest BCUT2D eigenvalue weighted by Gasteiger charge is -2.23. The molecule has 3 nitrogen and oxygen atoms in total. The molecule has 0 aromatic carbocycles. The summed E-state index contributed by atoms with van der Waals surface area (Å²) < 4.78 is 0. The second-order valence-corrected chi connectivity index (χ2v) is 4.50. The van der Waals surface area contributed by atoms with Gasteiger partial charge in [0.1, 0.15) is 11.7 Å². The summed E-state index contributed by atoms with van der Waals surface area (Å²) in [6, 6.07) is 0. The highest BCUT2D eigenvalue weighted by molar-refractivity contribution is 9.11. The number of rotatable bonds is 4. The predicted octanol–water partition coefficient (Wildman–Crippen LogP) is 1.33. The molecule has 0 rings (SSSR count). The van der Waals surface area contributed by atoms with Gasteiger partial charge in [0.05, 0.1) is 5.60 Å². The molecule has 0 aromatic rings. The molecule has 0 aromatic heterocycles. The molecule has 0 fully saturated rings. The molecular formula is C10H17BrO3. The van der Waals surface area contributed by atoms with Gasteiger partial charge in [0.15, 0.2) is 0 Å². The van der Waals surface area contributed by atoms with E-state index in [-0.39, 0.29) is 0 Å². The Bertz CT molecular complexity index is 226. The van der Waals surface area contributed by atoms with Crippen molar-refractivity contribution in [3.05, 3.63) is 23.2 Å². The highest BCUT2D eigenvalue weighted by Crippen LogP contribution is 2.15. The van der Waals surface area contributed by atoms with E-state index >= 15 is 0 Å². The molecule has 0 saturated heterocycles.